The van der Waals surface area contributed by atoms with Crippen LogP contribution < -0.4 is 0 Å². The van der Waals surface area contributed by atoms with Gasteiger partial charge in [-0.3, -0.25) is 0 Å². The van der Waals surface area contributed by atoms with Gasteiger partial charge in [0.25, 0.3) is 0 Å². The van der Waals surface area contributed by atoms with Crippen LogP contribution in [0.2, 0.25) is 0 Å². The molecule has 172 valence electrons. The summed E-state index contributed by atoms with van der Waals surface area (Å²) in [4.78, 5) is 0. The predicted molar refractivity (Wildman–Crippen MR) is 139 cm³/mol. The number of halogens is 1. The first-order valence-corrected chi connectivity index (χ1v) is 12.9. The van der Waals surface area contributed by atoms with E-state index in [1.165, 1.54) is 69.8 Å². The van der Waals surface area contributed by atoms with Gasteiger partial charge in [-0.05, 0) is 73.6 Å². The molecule has 0 spiro atoms. The van der Waals surface area contributed by atoms with Crippen LogP contribution in [0.3, 0.4) is 0 Å². The lowest BCUT2D eigenvalue weighted by Crippen LogP contribution is -2.13. The van der Waals surface area contributed by atoms with Crippen LogP contribution in [0.25, 0.3) is 10.8 Å². The normalized spacial score (nSPS) is 18.2. The van der Waals surface area contributed by atoms with Crippen molar-refractivity contribution < 1.29 is 4.39 Å². The lowest BCUT2D eigenvalue weighted by atomic mass is 9.77. The van der Waals surface area contributed by atoms with Crippen molar-refractivity contribution in [2.75, 3.05) is 0 Å². The SMILES string of the molecule is CCCCCCCC1CCC(c2ccc(C#Cc3ccc4cc(C)ccc4c3F)cc2)CC1. The molecule has 0 aromatic heterocycles. The Labute approximate surface area is 199 Å². The monoisotopic (exact) mass is 440 g/mol. The molecular formula is C32H37F. The third-order valence-electron chi connectivity index (χ3n) is 7.40. The maximum Gasteiger partial charge on any atom is 0.146 e. The van der Waals surface area contributed by atoms with E-state index in [0.29, 0.717) is 16.9 Å². The van der Waals surface area contributed by atoms with Crippen molar-refractivity contribution in [3.05, 3.63) is 82.7 Å². The molecule has 3 aromatic rings. The van der Waals surface area contributed by atoms with E-state index in [4.69, 9.17) is 0 Å². The molecule has 0 saturated heterocycles. The van der Waals surface area contributed by atoms with E-state index in [1.807, 2.05) is 31.2 Å². The quantitative estimate of drug-likeness (QED) is 0.253. The number of hydrogen-bond donors (Lipinski definition) is 0. The molecule has 1 saturated carbocycles. The second-order valence-electron chi connectivity index (χ2n) is 9.94. The van der Waals surface area contributed by atoms with Gasteiger partial charge in [0.15, 0.2) is 0 Å². The standard InChI is InChI=1S/C32H37F/c1-3-4-5-6-7-8-25-10-15-27(16-11-25)28-17-12-26(13-18-28)14-19-29-20-21-30-23-24(2)9-22-31(30)32(29)33/h9,12-13,17-18,20-23,25,27H,3-8,10-11,15-16H2,1-2H3. The maximum atomic E-state index is 14.9. The number of rotatable bonds is 7. The fourth-order valence-electron chi connectivity index (χ4n) is 5.31. The molecule has 0 heterocycles. The lowest BCUT2D eigenvalue weighted by molar-refractivity contribution is 0.302. The summed E-state index contributed by atoms with van der Waals surface area (Å²) in [5.74, 6) is 7.61. The summed E-state index contributed by atoms with van der Waals surface area (Å²) in [7, 11) is 0. The van der Waals surface area contributed by atoms with Gasteiger partial charge in [0.05, 0.1) is 5.56 Å². The summed E-state index contributed by atoms with van der Waals surface area (Å²) in [5.41, 5.74) is 3.98. The molecule has 0 N–H and O–H groups in total. The maximum absolute atomic E-state index is 14.9. The minimum atomic E-state index is -0.223. The molecule has 0 nitrogen and oxygen atoms in total. The Balaban J connectivity index is 1.33. The molecule has 1 aliphatic carbocycles. The van der Waals surface area contributed by atoms with E-state index in [9.17, 15) is 4.39 Å². The highest BCUT2D eigenvalue weighted by Gasteiger charge is 2.21. The first-order valence-electron chi connectivity index (χ1n) is 12.9. The van der Waals surface area contributed by atoms with Crippen molar-refractivity contribution in [2.24, 2.45) is 5.92 Å². The average molecular weight is 441 g/mol. The van der Waals surface area contributed by atoms with Crippen molar-refractivity contribution in [1.29, 1.82) is 0 Å². The number of benzene rings is 3. The molecule has 0 aliphatic heterocycles. The summed E-state index contributed by atoms with van der Waals surface area (Å²) >= 11 is 0. The first-order chi connectivity index (χ1) is 16.1. The van der Waals surface area contributed by atoms with Gasteiger partial charge in [-0.25, -0.2) is 4.39 Å². The van der Waals surface area contributed by atoms with E-state index in [-0.39, 0.29) is 5.82 Å². The second kappa shape index (κ2) is 11.5. The van der Waals surface area contributed by atoms with Crippen LogP contribution in [0, 0.1) is 30.5 Å². The smallest absolute Gasteiger partial charge is 0.146 e. The summed E-state index contributed by atoms with van der Waals surface area (Å²) in [6, 6.07) is 18.2. The Bertz CT molecular complexity index is 1100. The molecule has 0 atom stereocenters. The summed E-state index contributed by atoms with van der Waals surface area (Å²) in [6.07, 6.45) is 13.8. The van der Waals surface area contributed by atoms with E-state index in [0.717, 1.165) is 22.4 Å². The second-order valence-corrected chi connectivity index (χ2v) is 9.94. The van der Waals surface area contributed by atoms with E-state index >= 15 is 0 Å². The van der Waals surface area contributed by atoms with E-state index < -0.39 is 0 Å². The zero-order valence-electron chi connectivity index (χ0n) is 20.3. The van der Waals surface area contributed by atoms with Crippen molar-refractivity contribution in [2.45, 2.75) is 84.0 Å². The molecule has 1 fully saturated rings. The Morgan fingerprint density at radius 2 is 1.58 bits per heavy atom. The minimum absolute atomic E-state index is 0.223. The Morgan fingerprint density at radius 3 is 2.33 bits per heavy atom. The Hall–Kier alpha value is -2.59. The summed E-state index contributed by atoms with van der Waals surface area (Å²) in [6.45, 7) is 4.31. The predicted octanol–water partition coefficient (Wildman–Crippen LogP) is 9.32. The number of aryl methyl sites for hydroxylation is 1. The molecule has 0 amide bonds. The molecule has 0 unspecified atom stereocenters. The van der Waals surface area contributed by atoms with Gasteiger partial charge in [0.2, 0.25) is 0 Å². The highest BCUT2D eigenvalue weighted by atomic mass is 19.1. The van der Waals surface area contributed by atoms with Gasteiger partial charge >= 0.3 is 0 Å². The number of hydrogen-bond acceptors (Lipinski definition) is 0. The Morgan fingerprint density at radius 1 is 0.818 bits per heavy atom. The molecule has 0 bridgehead atoms. The van der Waals surface area contributed by atoms with Gasteiger partial charge in [-0.2, -0.15) is 0 Å². The van der Waals surface area contributed by atoms with Crippen LogP contribution >= 0.6 is 0 Å². The molecule has 0 radical (unpaired) electrons. The lowest BCUT2D eigenvalue weighted by Gasteiger charge is -2.29. The van der Waals surface area contributed by atoms with Gasteiger partial charge in [0, 0.05) is 10.9 Å². The van der Waals surface area contributed by atoms with Crippen molar-refractivity contribution >= 4 is 10.8 Å². The van der Waals surface area contributed by atoms with Crippen LogP contribution in [-0.4, -0.2) is 0 Å². The number of fused-ring (bicyclic) bond motifs is 1. The topological polar surface area (TPSA) is 0 Å². The third kappa shape index (κ3) is 6.26. The highest BCUT2D eigenvalue weighted by Crippen LogP contribution is 2.37. The van der Waals surface area contributed by atoms with Gasteiger partial charge in [-0.1, -0.05) is 99.3 Å². The van der Waals surface area contributed by atoms with Crippen molar-refractivity contribution in [3.63, 3.8) is 0 Å². The average Bonchev–Trinajstić information content (AvgIpc) is 2.84. The van der Waals surface area contributed by atoms with Crippen LogP contribution in [0.1, 0.15) is 99.3 Å². The van der Waals surface area contributed by atoms with Crippen LogP contribution in [-0.2, 0) is 0 Å². The molecule has 33 heavy (non-hydrogen) atoms. The van der Waals surface area contributed by atoms with Crippen molar-refractivity contribution in [3.8, 4) is 11.8 Å². The molecule has 4 rings (SSSR count). The summed E-state index contributed by atoms with van der Waals surface area (Å²) in [5, 5.41) is 1.56. The minimum Gasteiger partial charge on any atom is -0.205 e. The third-order valence-corrected chi connectivity index (χ3v) is 7.40. The van der Waals surface area contributed by atoms with Gasteiger partial charge < -0.3 is 0 Å². The fourth-order valence-corrected chi connectivity index (χ4v) is 5.31. The molecular weight excluding hydrogens is 403 g/mol. The fraction of sp³-hybridized carbons (Fsp3) is 0.438. The van der Waals surface area contributed by atoms with Gasteiger partial charge in [-0.15, -0.1) is 0 Å². The van der Waals surface area contributed by atoms with Crippen LogP contribution in [0.5, 0.6) is 0 Å². The van der Waals surface area contributed by atoms with Crippen molar-refractivity contribution in [1.82, 2.24) is 0 Å². The van der Waals surface area contributed by atoms with Crippen LogP contribution in [0.4, 0.5) is 4.39 Å². The molecule has 1 aliphatic rings. The van der Waals surface area contributed by atoms with E-state index in [2.05, 4.69) is 43.0 Å². The zero-order valence-corrected chi connectivity index (χ0v) is 20.3. The van der Waals surface area contributed by atoms with Gasteiger partial charge in [0.1, 0.15) is 5.82 Å². The summed E-state index contributed by atoms with van der Waals surface area (Å²) < 4.78 is 14.9. The zero-order chi connectivity index (χ0) is 23.0. The molecule has 1 heteroatoms. The Kier molecular flexibility index (Phi) is 8.22. The highest BCUT2D eigenvalue weighted by molar-refractivity contribution is 5.85. The molecule has 3 aromatic carbocycles. The van der Waals surface area contributed by atoms with Crippen LogP contribution in [0.15, 0.2) is 54.6 Å². The van der Waals surface area contributed by atoms with E-state index in [1.54, 1.807) is 6.07 Å². The largest absolute Gasteiger partial charge is 0.205 e. The first kappa shape index (κ1) is 23.6. The number of unbranched alkanes of at least 4 members (excludes halogenated alkanes) is 4.